The second-order valence-electron chi connectivity index (χ2n) is 5.68. The summed E-state index contributed by atoms with van der Waals surface area (Å²) in [7, 11) is 1.45. The van der Waals surface area contributed by atoms with Gasteiger partial charge in [-0.3, -0.25) is 4.79 Å². The molecule has 104 valence electrons. The molecule has 1 aromatic carbocycles. The van der Waals surface area contributed by atoms with Gasteiger partial charge < -0.3 is 9.47 Å². The fourth-order valence-corrected chi connectivity index (χ4v) is 2.76. The molecule has 0 saturated carbocycles. The first-order valence-corrected chi connectivity index (χ1v) is 6.64. The first kappa shape index (κ1) is 14.1. The van der Waals surface area contributed by atoms with Gasteiger partial charge in [0.2, 0.25) is 0 Å². The van der Waals surface area contributed by atoms with Crippen LogP contribution in [0.5, 0.6) is 0 Å². The van der Waals surface area contributed by atoms with Crippen LogP contribution in [-0.2, 0) is 20.7 Å². The van der Waals surface area contributed by atoms with Crippen LogP contribution >= 0.6 is 0 Å². The smallest absolute Gasteiger partial charge is 0.316 e. The molecule has 1 heterocycles. The third-order valence-electron chi connectivity index (χ3n) is 4.41. The Kier molecular flexibility index (Phi) is 3.68. The second kappa shape index (κ2) is 4.97. The van der Waals surface area contributed by atoms with Gasteiger partial charge in [0.05, 0.1) is 20.3 Å². The Balaban J connectivity index is 2.41. The number of benzene rings is 1. The number of ether oxygens (including phenoxy) is 2. The van der Waals surface area contributed by atoms with Crippen LogP contribution in [0.3, 0.4) is 0 Å². The molecule has 0 N–H and O–H groups in total. The van der Waals surface area contributed by atoms with E-state index in [0.717, 1.165) is 0 Å². The van der Waals surface area contributed by atoms with E-state index in [1.54, 1.807) is 0 Å². The van der Waals surface area contributed by atoms with E-state index in [2.05, 4.69) is 33.8 Å². The van der Waals surface area contributed by atoms with Crippen LogP contribution in [0.25, 0.3) is 0 Å². The van der Waals surface area contributed by atoms with E-state index in [-0.39, 0.29) is 5.97 Å². The van der Waals surface area contributed by atoms with Crippen molar-refractivity contribution in [3.8, 4) is 0 Å². The zero-order valence-corrected chi connectivity index (χ0v) is 12.4. The Morgan fingerprint density at radius 3 is 2.11 bits per heavy atom. The molecule has 1 saturated heterocycles. The molecule has 0 aromatic heterocycles. The van der Waals surface area contributed by atoms with Crippen molar-refractivity contribution < 1.29 is 14.3 Å². The van der Waals surface area contributed by atoms with Gasteiger partial charge in [0.15, 0.2) is 0 Å². The highest BCUT2D eigenvalue weighted by Crippen LogP contribution is 2.36. The summed E-state index contributed by atoms with van der Waals surface area (Å²) in [4.78, 5) is 12.0. The standard InChI is InChI=1S/C16H22O3/c1-10-6-11(2)13(4)14(12(10)3)7-16(8-19-9-16)15(17)18-5/h6H,7-9H2,1-5H3. The molecule has 1 aromatic rings. The number of hydrogen-bond donors (Lipinski definition) is 0. The van der Waals surface area contributed by atoms with Gasteiger partial charge in [-0.15, -0.1) is 0 Å². The molecule has 1 aliphatic rings. The average Bonchev–Trinajstić information content (AvgIpc) is 2.34. The molecule has 2 rings (SSSR count). The summed E-state index contributed by atoms with van der Waals surface area (Å²) in [6.45, 7) is 9.42. The fraction of sp³-hybridized carbons (Fsp3) is 0.562. The van der Waals surface area contributed by atoms with Gasteiger partial charge in [-0.1, -0.05) is 6.07 Å². The minimum absolute atomic E-state index is 0.156. The lowest BCUT2D eigenvalue weighted by atomic mass is 9.76. The summed E-state index contributed by atoms with van der Waals surface area (Å²) in [5.41, 5.74) is 5.89. The number of rotatable bonds is 3. The second-order valence-corrected chi connectivity index (χ2v) is 5.68. The molecule has 1 aliphatic heterocycles. The van der Waals surface area contributed by atoms with Crippen molar-refractivity contribution in [3.63, 3.8) is 0 Å². The molecular formula is C16H22O3. The van der Waals surface area contributed by atoms with Crippen molar-refractivity contribution in [1.29, 1.82) is 0 Å². The summed E-state index contributed by atoms with van der Waals surface area (Å²) in [5, 5.41) is 0. The number of carbonyl (C=O) groups is 1. The molecule has 0 spiro atoms. The maximum Gasteiger partial charge on any atom is 0.316 e. The molecular weight excluding hydrogens is 240 g/mol. The van der Waals surface area contributed by atoms with Crippen molar-refractivity contribution in [1.82, 2.24) is 0 Å². The van der Waals surface area contributed by atoms with Gasteiger partial charge >= 0.3 is 5.97 Å². The Morgan fingerprint density at radius 1 is 1.21 bits per heavy atom. The molecule has 0 unspecified atom stereocenters. The highest BCUT2D eigenvalue weighted by molar-refractivity contribution is 5.78. The summed E-state index contributed by atoms with van der Waals surface area (Å²) in [6, 6.07) is 2.20. The summed E-state index contributed by atoms with van der Waals surface area (Å²) < 4.78 is 10.2. The monoisotopic (exact) mass is 262 g/mol. The van der Waals surface area contributed by atoms with Crippen LogP contribution in [0.2, 0.25) is 0 Å². The normalized spacial score (nSPS) is 16.9. The van der Waals surface area contributed by atoms with Gasteiger partial charge in [-0.25, -0.2) is 0 Å². The fourth-order valence-electron chi connectivity index (χ4n) is 2.76. The van der Waals surface area contributed by atoms with Gasteiger partial charge in [0.1, 0.15) is 5.41 Å². The number of carbonyl (C=O) groups excluding carboxylic acids is 1. The summed E-state index contributed by atoms with van der Waals surface area (Å²) >= 11 is 0. The first-order chi connectivity index (χ1) is 8.91. The lowest BCUT2D eigenvalue weighted by molar-refractivity contribution is -0.182. The van der Waals surface area contributed by atoms with Gasteiger partial charge in [-0.2, -0.15) is 0 Å². The van der Waals surface area contributed by atoms with Gasteiger partial charge in [0.25, 0.3) is 0 Å². The summed E-state index contributed by atoms with van der Waals surface area (Å²) in [6.07, 6.45) is 0.708. The molecule has 19 heavy (non-hydrogen) atoms. The van der Waals surface area contributed by atoms with E-state index in [1.165, 1.54) is 34.9 Å². The zero-order chi connectivity index (χ0) is 14.2. The van der Waals surface area contributed by atoms with Gasteiger partial charge in [-0.05, 0) is 61.9 Å². The van der Waals surface area contributed by atoms with E-state index in [9.17, 15) is 4.79 Å². The Morgan fingerprint density at radius 2 is 1.74 bits per heavy atom. The van der Waals surface area contributed by atoms with Crippen molar-refractivity contribution in [2.75, 3.05) is 20.3 Å². The predicted molar refractivity (Wildman–Crippen MR) is 74.4 cm³/mol. The lowest BCUT2D eigenvalue weighted by Crippen LogP contribution is -2.51. The van der Waals surface area contributed by atoms with Crippen LogP contribution in [0, 0.1) is 33.1 Å². The number of aryl methyl sites for hydroxylation is 2. The zero-order valence-electron chi connectivity index (χ0n) is 12.4. The summed E-state index contributed by atoms with van der Waals surface area (Å²) in [5.74, 6) is -0.156. The van der Waals surface area contributed by atoms with Crippen LogP contribution in [-0.4, -0.2) is 26.3 Å². The van der Waals surface area contributed by atoms with Crippen molar-refractivity contribution in [2.45, 2.75) is 34.1 Å². The van der Waals surface area contributed by atoms with E-state index in [1.807, 2.05) is 0 Å². The van der Waals surface area contributed by atoms with Crippen LogP contribution in [0.4, 0.5) is 0 Å². The minimum atomic E-state index is -0.482. The molecule has 3 nitrogen and oxygen atoms in total. The van der Waals surface area contributed by atoms with E-state index in [0.29, 0.717) is 19.6 Å². The Bertz CT molecular complexity index is 487. The minimum Gasteiger partial charge on any atom is -0.468 e. The third-order valence-corrected chi connectivity index (χ3v) is 4.41. The van der Waals surface area contributed by atoms with Crippen LogP contribution in [0.15, 0.2) is 6.07 Å². The molecule has 0 radical (unpaired) electrons. The number of esters is 1. The number of hydrogen-bond acceptors (Lipinski definition) is 3. The molecule has 3 heteroatoms. The van der Waals surface area contributed by atoms with Gasteiger partial charge in [0, 0.05) is 0 Å². The highest BCUT2D eigenvalue weighted by atomic mass is 16.5. The van der Waals surface area contributed by atoms with Crippen molar-refractivity contribution in [2.24, 2.45) is 5.41 Å². The van der Waals surface area contributed by atoms with Crippen LogP contribution in [0.1, 0.15) is 27.8 Å². The maximum atomic E-state index is 12.0. The lowest BCUT2D eigenvalue weighted by Gasteiger charge is -2.39. The molecule has 1 fully saturated rings. The van der Waals surface area contributed by atoms with E-state index in [4.69, 9.17) is 9.47 Å². The van der Waals surface area contributed by atoms with Crippen molar-refractivity contribution >= 4 is 5.97 Å². The topological polar surface area (TPSA) is 35.5 Å². The quantitative estimate of drug-likeness (QED) is 0.786. The van der Waals surface area contributed by atoms with Crippen LogP contribution < -0.4 is 0 Å². The largest absolute Gasteiger partial charge is 0.468 e. The Hall–Kier alpha value is -1.35. The number of methoxy groups -OCH3 is 1. The Labute approximate surface area is 114 Å². The molecule has 0 amide bonds. The van der Waals surface area contributed by atoms with E-state index >= 15 is 0 Å². The van der Waals surface area contributed by atoms with E-state index < -0.39 is 5.41 Å². The highest BCUT2D eigenvalue weighted by Gasteiger charge is 2.47. The maximum absolute atomic E-state index is 12.0. The SMILES string of the molecule is COC(=O)C1(Cc2c(C)c(C)cc(C)c2C)COC1. The predicted octanol–water partition coefficient (Wildman–Crippen LogP) is 2.65. The average molecular weight is 262 g/mol. The first-order valence-electron chi connectivity index (χ1n) is 6.64. The molecule has 0 atom stereocenters. The van der Waals surface area contributed by atoms with Crippen molar-refractivity contribution in [3.05, 3.63) is 33.9 Å². The molecule has 0 aliphatic carbocycles. The molecule has 0 bridgehead atoms. The third kappa shape index (κ3) is 2.27.